The summed E-state index contributed by atoms with van der Waals surface area (Å²) in [6, 6.07) is 2.47. The lowest BCUT2D eigenvalue weighted by Crippen LogP contribution is -2.42. The Kier molecular flexibility index (Phi) is 8.09. The van der Waals surface area contributed by atoms with Gasteiger partial charge in [-0.05, 0) is 32.2 Å². The van der Waals surface area contributed by atoms with Gasteiger partial charge < -0.3 is 4.74 Å². The number of nitrogens with one attached hydrogen (secondary N) is 1. The summed E-state index contributed by atoms with van der Waals surface area (Å²) in [7, 11) is 0. The van der Waals surface area contributed by atoms with Crippen LogP contribution in [0.1, 0.15) is 71.6 Å². The van der Waals surface area contributed by atoms with Crippen LogP contribution >= 0.6 is 0 Å². The monoisotopic (exact) mass is 266 g/mol. The van der Waals surface area contributed by atoms with E-state index in [1.54, 1.807) is 0 Å². The first-order chi connectivity index (χ1) is 9.26. The van der Waals surface area contributed by atoms with Gasteiger partial charge in [0.2, 0.25) is 0 Å². The molecule has 0 aliphatic heterocycles. The smallest absolute Gasteiger partial charge is 0.109 e. The highest BCUT2D eigenvalue weighted by Crippen LogP contribution is 2.31. The molecule has 110 valence electrons. The summed E-state index contributed by atoms with van der Waals surface area (Å²) in [5.74, 6) is 0. The van der Waals surface area contributed by atoms with Crippen molar-refractivity contribution in [2.75, 3.05) is 13.2 Å². The first-order valence-electron chi connectivity index (χ1n) is 8.04. The molecule has 3 nitrogen and oxygen atoms in total. The third-order valence-corrected chi connectivity index (χ3v) is 4.00. The number of nitrogens with zero attached hydrogens (tertiary/aromatic N) is 1. The van der Waals surface area contributed by atoms with Crippen molar-refractivity contribution in [1.82, 2.24) is 5.32 Å². The fourth-order valence-corrected chi connectivity index (χ4v) is 2.76. The van der Waals surface area contributed by atoms with Crippen LogP contribution < -0.4 is 5.32 Å². The third kappa shape index (κ3) is 5.93. The summed E-state index contributed by atoms with van der Waals surface area (Å²) < 4.78 is 5.93. The van der Waals surface area contributed by atoms with E-state index in [2.05, 4.69) is 25.2 Å². The van der Waals surface area contributed by atoms with Crippen LogP contribution in [0.5, 0.6) is 0 Å². The van der Waals surface area contributed by atoms with Gasteiger partial charge in [-0.15, -0.1) is 0 Å². The summed E-state index contributed by atoms with van der Waals surface area (Å²) in [5.41, 5.74) is -0.317. The number of ether oxygens (including phenoxy) is 1. The lowest BCUT2D eigenvalue weighted by molar-refractivity contribution is 0.0520. The molecule has 2 atom stereocenters. The summed E-state index contributed by atoms with van der Waals surface area (Å²) in [5, 5.41) is 12.8. The fourth-order valence-electron chi connectivity index (χ4n) is 2.76. The van der Waals surface area contributed by atoms with Crippen LogP contribution in [0, 0.1) is 11.3 Å². The minimum atomic E-state index is -0.317. The number of hydrogen-bond acceptors (Lipinski definition) is 3. The Bertz CT molecular complexity index is 274. The van der Waals surface area contributed by atoms with Gasteiger partial charge in [-0.3, -0.25) is 5.32 Å². The number of hydrogen-bond donors (Lipinski definition) is 1. The highest BCUT2D eigenvalue weighted by Gasteiger charge is 2.39. The molecule has 0 saturated heterocycles. The Labute approximate surface area is 118 Å². The molecule has 1 rings (SSSR count). The van der Waals surface area contributed by atoms with Crippen molar-refractivity contribution in [2.45, 2.75) is 83.3 Å². The van der Waals surface area contributed by atoms with Crippen molar-refractivity contribution in [3.05, 3.63) is 0 Å². The molecular formula is C16H30N2O. The van der Waals surface area contributed by atoms with Crippen molar-refractivity contribution in [3.63, 3.8) is 0 Å². The predicted molar refractivity (Wildman–Crippen MR) is 79.0 cm³/mol. The largest absolute Gasteiger partial charge is 0.378 e. The molecule has 0 aromatic carbocycles. The van der Waals surface area contributed by atoms with Crippen molar-refractivity contribution in [3.8, 4) is 6.07 Å². The maximum Gasteiger partial charge on any atom is 0.109 e. The zero-order chi connectivity index (χ0) is 14.0. The second kappa shape index (κ2) is 9.34. The van der Waals surface area contributed by atoms with Crippen LogP contribution in [0.3, 0.4) is 0 Å². The van der Waals surface area contributed by atoms with Gasteiger partial charge in [0.05, 0.1) is 12.2 Å². The Morgan fingerprint density at radius 2 is 2.00 bits per heavy atom. The molecule has 0 heterocycles. The van der Waals surface area contributed by atoms with E-state index in [0.29, 0.717) is 0 Å². The van der Waals surface area contributed by atoms with E-state index in [0.717, 1.165) is 38.8 Å². The van der Waals surface area contributed by atoms with E-state index in [1.165, 1.54) is 32.1 Å². The lowest BCUT2D eigenvalue weighted by atomic mass is 9.99. The SMILES string of the molecule is CCCCCCCOC1CCC(C#N)(NCCC)C1. The van der Waals surface area contributed by atoms with E-state index < -0.39 is 0 Å². The van der Waals surface area contributed by atoms with Gasteiger partial charge in [0.15, 0.2) is 0 Å². The molecule has 1 saturated carbocycles. The molecular weight excluding hydrogens is 236 g/mol. The highest BCUT2D eigenvalue weighted by atomic mass is 16.5. The summed E-state index contributed by atoms with van der Waals surface area (Å²) in [6.07, 6.45) is 10.6. The van der Waals surface area contributed by atoms with Crippen molar-refractivity contribution < 1.29 is 4.74 Å². The maximum absolute atomic E-state index is 9.36. The van der Waals surface area contributed by atoms with Crippen LogP contribution in [-0.2, 0) is 4.74 Å². The highest BCUT2D eigenvalue weighted by molar-refractivity contribution is 5.12. The van der Waals surface area contributed by atoms with E-state index in [1.807, 2.05) is 0 Å². The molecule has 1 aliphatic carbocycles. The average molecular weight is 266 g/mol. The Hall–Kier alpha value is -0.590. The molecule has 0 spiro atoms. The Balaban J connectivity index is 2.15. The van der Waals surface area contributed by atoms with E-state index >= 15 is 0 Å². The molecule has 0 aromatic rings. The molecule has 1 aliphatic rings. The maximum atomic E-state index is 9.36. The van der Waals surface area contributed by atoms with Crippen LogP contribution in [-0.4, -0.2) is 24.8 Å². The fraction of sp³-hybridized carbons (Fsp3) is 0.938. The van der Waals surface area contributed by atoms with Crippen molar-refractivity contribution in [2.24, 2.45) is 0 Å². The zero-order valence-corrected chi connectivity index (χ0v) is 12.7. The van der Waals surface area contributed by atoms with E-state index in [9.17, 15) is 5.26 Å². The second-order valence-corrected chi connectivity index (χ2v) is 5.77. The van der Waals surface area contributed by atoms with E-state index in [4.69, 9.17) is 4.74 Å². The van der Waals surface area contributed by atoms with Crippen LogP contribution in [0.15, 0.2) is 0 Å². The summed E-state index contributed by atoms with van der Waals surface area (Å²) in [4.78, 5) is 0. The summed E-state index contributed by atoms with van der Waals surface area (Å²) >= 11 is 0. The zero-order valence-electron chi connectivity index (χ0n) is 12.7. The van der Waals surface area contributed by atoms with Gasteiger partial charge in [0.1, 0.15) is 5.54 Å². The predicted octanol–water partition coefficient (Wildman–Crippen LogP) is 3.79. The molecule has 0 bridgehead atoms. The van der Waals surface area contributed by atoms with Gasteiger partial charge in [-0.1, -0.05) is 39.5 Å². The molecule has 0 aromatic heterocycles. The number of unbranched alkanes of at least 4 members (excludes halogenated alkanes) is 4. The van der Waals surface area contributed by atoms with Gasteiger partial charge in [-0.2, -0.15) is 5.26 Å². The summed E-state index contributed by atoms with van der Waals surface area (Å²) in [6.45, 7) is 6.16. The number of nitriles is 1. The van der Waals surface area contributed by atoms with Gasteiger partial charge in [0, 0.05) is 13.0 Å². The topological polar surface area (TPSA) is 45.0 Å². The third-order valence-electron chi connectivity index (χ3n) is 4.00. The van der Waals surface area contributed by atoms with Crippen LogP contribution in [0.25, 0.3) is 0 Å². The first kappa shape index (κ1) is 16.5. The minimum absolute atomic E-state index is 0.287. The van der Waals surface area contributed by atoms with Gasteiger partial charge in [-0.25, -0.2) is 0 Å². The van der Waals surface area contributed by atoms with Crippen LogP contribution in [0.2, 0.25) is 0 Å². The normalized spacial score (nSPS) is 26.5. The standard InChI is InChI=1S/C16H30N2O/c1-3-5-6-7-8-12-19-15-9-10-16(13-15,14-17)18-11-4-2/h15,18H,3-13H2,1-2H3. The molecule has 0 radical (unpaired) electrons. The number of rotatable bonds is 10. The Morgan fingerprint density at radius 3 is 2.68 bits per heavy atom. The first-order valence-corrected chi connectivity index (χ1v) is 8.04. The van der Waals surface area contributed by atoms with Gasteiger partial charge >= 0.3 is 0 Å². The molecule has 1 N–H and O–H groups in total. The van der Waals surface area contributed by atoms with Crippen LogP contribution in [0.4, 0.5) is 0 Å². The second-order valence-electron chi connectivity index (χ2n) is 5.77. The van der Waals surface area contributed by atoms with Crippen molar-refractivity contribution >= 4 is 0 Å². The van der Waals surface area contributed by atoms with Crippen molar-refractivity contribution in [1.29, 1.82) is 5.26 Å². The minimum Gasteiger partial charge on any atom is -0.378 e. The average Bonchev–Trinajstić information content (AvgIpc) is 2.85. The molecule has 0 amide bonds. The molecule has 2 unspecified atom stereocenters. The molecule has 19 heavy (non-hydrogen) atoms. The molecule has 3 heteroatoms. The molecule has 1 fully saturated rings. The quantitative estimate of drug-likeness (QED) is 0.612. The van der Waals surface area contributed by atoms with Gasteiger partial charge in [0.25, 0.3) is 0 Å². The van der Waals surface area contributed by atoms with E-state index in [-0.39, 0.29) is 11.6 Å². The lowest BCUT2D eigenvalue weighted by Gasteiger charge is -2.22. The Morgan fingerprint density at radius 1 is 1.21 bits per heavy atom.